The van der Waals surface area contributed by atoms with Crippen LogP contribution in [0, 0.1) is 0 Å². The van der Waals surface area contributed by atoms with Gasteiger partial charge in [-0.05, 0) is 34.0 Å². The fraction of sp³-hybridized carbons (Fsp3) is 0.0909. The molecule has 136 valence electrons. The Labute approximate surface area is 166 Å². The molecule has 0 amide bonds. The van der Waals surface area contributed by atoms with Crippen LogP contribution in [0.25, 0.3) is 0 Å². The molecule has 27 heavy (non-hydrogen) atoms. The summed E-state index contributed by atoms with van der Waals surface area (Å²) < 4.78 is 17.9. The second kappa shape index (κ2) is 8.75. The molecule has 5 heteroatoms. The standard InChI is InChI=1S/C22H18O3S2/c1-3-7-17(8-4-1)15-23-19-11-13-26-21(19)25-22-20(12-14-27-22)24-16-18-9-5-2-6-10-18/h1-14H,15-16H2. The summed E-state index contributed by atoms with van der Waals surface area (Å²) in [4.78, 5) is 0. The monoisotopic (exact) mass is 394 g/mol. The van der Waals surface area contributed by atoms with E-state index in [1.807, 2.05) is 83.6 Å². The van der Waals surface area contributed by atoms with Gasteiger partial charge in [-0.1, -0.05) is 60.7 Å². The summed E-state index contributed by atoms with van der Waals surface area (Å²) in [7, 11) is 0. The zero-order chi connectivity index (χ0) is 18.3. The minimum absolute atomic E-state index is 0.510. The van der Waals surface area contributed by atoms with E-state index in [0.29, 0.717) is 13.2 Å². The molecule has 2 aromatic heterocycles. The fourth-order valence-electron chi connectivity index (χ4n) is 2.49. The Kier molecular flexibility index (Phi) is 5.72. The Balaban J connectivity index is 1.40. The van der Waals surface area contributed by atoms with E-state index in [2.05, 4.69) is 0 Å². The third-order valence-corrected chi connectivity index (χ3v) is 5.39. The van der Waals surface area contributed by atoms with Gasteiger partial charge in [-0.2, -0.15) is 0 Å². The first-order valence-corrected chi connectivity index (χ1v) is 10.3. The summed E-state index contributed by atoms with van der Waals surface area (Å²) in [6.45, 7) is 1.02. The Hall–Kier alpha value is -2.76. The molecule has 2 heterocycles. The van der Waals surface area contributed by atoms with E-state index in [0.717, 1.165) is 32.8 Å². The van der Waals surface area contributed by atoms with Gasteiger partial charge in [0.1, 0.15) is 13.2 Å². The lowest BCUT2D eigenvalue weighted by molar-refractivity contribution is 0.283. The number of hydrogen-bond donors (Lipinski definition) is 0. The number of hydrogen-bond acceptors (Lipinski definition) is 5. The van der Waals surface area contributed by atoms with E-state index >= 15 is 0 Å². The van der Waals surface area contributed by atoms with Crippen molar-refractivity contribution in [2.24, 2.45) is 0 Å². The molecule has 4 aromatic rings. The molecule has 0 N–H and O–H groups in total. The summed E-state index contributed by atoms with van der Waals surface area (Å²) in [5, 5.41) is 5.40. The summed E-state index contributed by atoms with van der Waals surface area (Å²) in [6.07, 6.45) is 0. The molecule has 0 spiro atoms. The van der Waals surface area contributed by atoms with E-state index in [4.69, 9.17) is 14.2 Å². The lowest BCUT2D eigenvalue weighted by Crippen LogP contribution is -1.96. The zero-order valence-corrected chi connectivity index (χ0v) is 16.2. The fourth-order valence-corrected chi connectivity index (χ4v) is 3.92. The molecule has 0 saturated heterocycles. The van der Waals surface area contributed by atoms with Crippen molar-refractivity contribution in [2.75, 3.05) is 0 Å². The van der Waals surface area contributed by atoms with Crippen molar-refractivity contribution in [3.05, 3.63) is 94.7 Å². The maximum atomic E-state index is 6.08. The van der Waals surface area contributed by atoms with Crippen LogP contribution in [0.5, 0.6) is 21.6 Å². The molecule has 0 radical (unpaired) electrons. The maximum absolute atomic E-state index is 6.08. The smallest absolute Gasteiger partial charge is 0.224 e. The van der Waals surface area contributed by atoms with Gasteiger partial charge in [-0.25, -0.2) is 0 Å². The van der Waals surface area contributed by atoms with Gasteiger partial charge in [0.2, 0.25) is 10.1 Å². The SMILES string of the molecule is c1ccc(COc2ccsc2Oc2sccc2OCc2ccccc2)cc1. The van der Waals surface area contributed by atoms with Gasteiger partial charge >= 0.3 is 0 Å². The molecule has 0 unspecified atom stereocenters. The number of benzene rings is 2. The first kappa shape index (κ1) is 17.6. The summed E-state index contributed by atoms with van der Waals surface area (Å²) in [5.74, 6) is 1.48. The molecule has 0 bridgehead atoms. The molecule has 3 nitrogen and oxygen atoms in total. The van der Waals surface area contributed by atoms with Crippen LogP contribution in [0.3, 0.4) is 0 Å². The van der Waals surface area contributed by atoms with Gasteiger partial charge in [0.05, 0.1) is 0 Å². The van der Waals surface area contributed by atoms with E-state index in [-0.39, 0.29) is 0 Å². The molecule has 0 atom stereocenters. The van der Waals surface area contributed by atoms with Crippen molar-refractivity contribution in [3.8, 4) is 21.6 Å². The molecule has 4 rings (SSSR count). The van der Waals surface area contributed by atoms with Crippen molar-refractivity contribution < 1.29 is 14.2 Å². The summed E-state index contributed by atoms with van der Waals surface area (Å²) in [6, 6.07) is 24.1. The highest BCUT2D eigenvalue weighted by atomic mass is 32.1. The Morgan fingerprint density at radius 2 is 1.00 bits per heavy atom. The van der Waals surface area contributed by atoms with Crippen LogP contribution in [0.1, 0.15) is 11.1 Å². The number of rotatable bonds is 8. The minimum Gasteiger partial charge on any atom is -0.484 e. The second-order valence-electron chi connectivity index (χ2n) is 5.80. The highest BCUT2D eigenvalue weighted by Gasteiger charge is 2.14. The van der Waals surface area contributed by atoms with E-state index in [1.54, 1.807) is 0 Å². The average Bonchev–Trinajstić information content (AvgIpc) is 3.36. The number of ether oxygens (including phenoxy) is 3. The Morgan fingerprint density at radius 1 is 0.556 bits per heavy atom. The third kappa shape index (κ3) is 4.70. The largest absolute Gasteiger partial charge is 0.484 e. The van der Waals surface area contributed by atoms with E-state index < -0.39 is 0 Å². The molecular weight excluding hydrogens is 376 g/mol. The van der Waals surface area contributed by atoms with Crippen molar-refractivity contribution in [3.63, 3.8) is 0 Å². The Bertz CT molecular complexity index is 882. The van der Waals surface area contributed by atoms with Crippen LogP contribution in [-0.2, 0) is 13.2 Å². The van der Waals surface area contributed by atoms with Crippen LogP contribution >= 0.6 is 22.7 Å². The van der Waals surface area contributed by atoms with Crippen LogP contribution in [0.2, 0.25) is 0 Å². The second-order valence-corrected chi connectivity index (χ2v) is 7.55. The summed E-state index contributed by atoms with van der Waals surface area (Å²) >= 11 is 3.02. The first-order valence-electron chi connectivity index (χ1n) is 8.55. The highest BCUT2D eigenvalue weighted by Crippen LogP contribution is 2.43. The highest BCUT2D eigenvalue weighted by molar-refractivity contribution is 7.13. The molecule has 0 aliphatic heterocycles. The molecule has 0 fully saturated rings. The lowest BCUT2D eigenvalue weighted by atomic mass is 10.2. The van der Waals surface area contributed by atoms with Crippen LogP contribution in [0.15, 0.2) is 83.6 Å². The predicted octanol–water partition coefficient (Wildman–Crippen LogP) is 6.76. The van der Waals surface area contributed by atoms with Crippen molar-refractivity contribution >= 4 is 22.7 Å². The van der Waals surface area contributed by atoms with Crippen molar-refractivity contribution in [1.29, 1.82) is 0 Å². The van der Waals surface area contributed by atoms with Crippen LogP contribution in [0.4, 0.5) is 0 Å². The summed E-state index contributed by atoms with van der Waals surface area (Å²) in [5.41, 5.74) is 2.25. The van der Waals surface area contributed by atoms with Gasteiger partial charge in [0, 0.05) is 0 Å². The van der Waals surface area contributed by atoms with E-state index in [1.165, 1.54) is 22.7 Å². The maximum Gasteiger partial charge on any atom is 0.224 e. The van der Waals surface area contributed by atoms with Crippen LogP contribution < -0.4 is 14.2 Å². The molecule has 2 aromatic carbocycles. The first-order chi connectivity index (χ1) is 13.4. The zero-order valence-electron chi connectivity index (χ0n) is 14.5. The predicted molar refractivity (Wildman–Crippen MR) is 110 cm³/mol. The van der Waals surface area contributed by atoms with Crippen molar-refractivity contribution in [1.82, 2.24) is 0 Å². The Morgan fingerprint density at radius 3 is 1.44 bits per heavy atom. The average molecular weight is 395 g/mol. The van der Waals surface area contributed by atoms with Gasteiger partial charge in [0.15, 0.2) is 11.5 Å². The topological polar surface area (TPSA) is 27.7 Å². The normalized spacial score (nSPS) is 10.5. The van der Waals surface area contributed by atoms with Gasteiger partial charge in [-0.3, -0.25) is 0 Å². The quantitative estimate of drug-likeness (QED) is 0.330. The molecule has 0 saturated carbocycles. The van der Waals surface area contributed by atoms with E-state index in [9.17, 15) is 0 Å². The van der Waals surface area contributed by atoms with Crippen LogP contribution in [-0.4, -0.2) is 0 Å². The molecular formula is C22H18O3S2. The van der Waals surface area contributed by atoms with Gasteiger partial charge < -0.3 is 14.2 Å². The minimum atomic E-state index is 0.510. The van der Waals surface area contributed by atoms with Gasteiger partial charge in [0.25, 0.3) is 0 Å². The molecule has 0 aliphatic rings. The lowest BCUT2D eigenvalue weighted by Gasteiger charge is -2.10. The van der Waals surface area contributed by atoms with Gasteiger partial charge in [-0.15, -0.1) is 22.7 Å². The number of thiophene rings is 2. The third-order valence-electron chi connectivity index (χ3n) is 3.85. The van der Waals surface area contributed by atoms with Crippen molar-refractivity contribution in [2.45, 2.75) is 13.2 Å². The molecule has 0 aliphatic carbocycles.